The number of rotatable bonds is 7. The first-order valence-electron chi connectivity index (χ1n) is 22.8. The average Bonchev–Trinajstić information content (AvgIpc) is 3.35. The van der Waals surface area contributed by atoms with Crippen molar-refractivity contribution < 1.29 is 15.1 Å². The Morgan fingerprint density at radius 1 is 0.463 bits per heavy atom. The quantitative estimate of drug-likeness (QED) is 0.155. The molecule has 0 saturated heterocycles. The number of aromatic nitrogens is 3. The van der Waals surface area contributed by atoms with Crippen LogP contribution in [0.1, 0.15) is 20.6 Å². The standard InChI is InChI=1S/C51H35N3/c1-35-44-27-8-9-28-46(44)48-30-11-10-29-47(48)45(35)31-13-17-36-16-12-22-39(32-36)40-23-14-24-41(33-40)42-25-15-26-43(34-42)51-53-49(37-18-4-2-5-19-37)52-50(54-51)38-20-6-3-7-21-38/h2-34H,1H2/b17-13+,45-31+/i1D,8D,9D,10D,11D,13D,27D,28D,29D,30D,31D/b17-13+,35-1?,45-31+. The molecule has 0 aliphatic rings. The molecule has 254 valence electrons. The zero-order valence-corrected chi connectivity index (χ0v) is 28.7. The number of allylic oxidation sites excluding steroid dienone is 1. The lowest BCUT2D eigenvalue weighted by Crippen LogP contribution is -2.24. The van der Waals surface area contributed by atoms with Gasteiger partial charge in [-0.15, -0.1) is 0 Å². The van der Waals surface area contributed by atoms with Gasteiger partial charge >= 0.3 is 0 Å². The van der Waals surface area contributed by atoms with Gasteiger partial charge < -0.3 is 0 Å². The highest BCUT2D eigenvalue weighted by Crippen LogP contribution is 2.31. The minimum Gasteiger partial charge on any atom is -0.208 e. The summed E-state index contributed by atoms with van der Waals surface area (Å²) in [6, 6.07) is 37.4. The van der Waals surface area contributed by atoms with Gasteiger partial charge in [-0.3, -0.25) is 0 Å². The molecule has 1 heterocycles. The summed E-state index contributed by atoms with van der Waals surface area (Å²) in [7, 11) is 0. The predicted molar refractivity (Wildman–Crippen MR) is 227 cm³/mol. The van der Waals surface area contributed by atoms with Gasteiger partial charge in [0, 0.05) is 16.7 Å². The Kier molecular flexibility index (Phi) is 6.05. The Morgan fingerprint density at radius 2 is 0.907 bits per heavy atom. The maximum atomic E-state index is 9.31. The molecule has 0 saturated carbocycles. The van der Waals surface area contributed by atoms with Crippen molar-refractivity contribution in [1.82, 2.24) is 15.0 Å². The number of hydrogen-bond donors (Lipinski definition) is 0. The molecule has 0 aliphatic heterocycles. The van der Waals surface area contributed by atoms with Gasteiger partial charge in [0.05, 0.1) is 15.1 Å². The zero-order valence-electron chi connectivity index (χ0n) is 39.7. The number of hydrogen-bond acceptors (Lipinski definition) is 3. The van der Waals surface area contributed by atoms with Crippen molar-refractivity contribution in [3.05, 3.63) is 204 Å². The van der Waals surface area contributed by atoms with Crippen LogP contribution in [0.3, 0.4) is 0 Å². The molecule has 1 aromatic heterocycles. The second kappa shape index (κ2) is 14.4. The lowest BCUT2D eigenvalue weighted by molar-refractivity contribution is 1.07. The van der Waals surface area contributed by atoms with Crippen molar-refractivity contribution in [2.45, 2.75) is 0 Å². The molecule has 3 nitrogen and oxygen atoms in total. The molecule has 0 radical (unpaired) electrons. The molecule has 0 spiro atoms. The first-order chi connectivity index (χ1) is 31.4. The van der Waals surface area contributed by atoms with Crippen LogP contribution in [0.4, 0.5) is 0 Å². The fraction of sp³-hybridized carbons (Fsp3) is 0. The van der Waals surface area contributed by atoms with E-state index >= 15 is 0 Å². The van der Waals surface area contributed by atoms with Crippen LogP contribution in [0.25, 0.3) is 96.6 Å². The molecule has 0 aliphatic carbocycles. The third-order valence-electron chi connectivity index (χ3n) is 9.09. The van der Waals surface area contributed by atoms with E-state index in [9.17, 15) is 1.37 Å². The minimum atomic E-state index is -0.621. The maximum Gasteiger partial charge on any atom is 0.164 e. The first kappa shape index (κ1) is 22.7. The minimum absolute atomic E-state index is 0.161. The van der Waals surface area contributed by atoms with E-state index in [-0.39, 0.29) is 38.0 Å². The highest BCUT2D eigenvalue weighted by atomic mass is 15.0. The van der Waals surface area contributed by atoms with Crippen LogP contribution >= 0.6 is 0 Å². The summed E-state index contributed by atoms with van der Waals surface area (Å²) in [5.41, 5.74) is 6.65. The van der Waals surface area contributed by atoms with Gasteiger partial charge in [-0.2, -0.15) is 0 Å². The Bertz CT molecular complexity index is 3500. The fourth-order valence-corrected chi connectivity index (χ4v) is 6.43. The topological polar surface area (TPSA) is 38.7 Å². The zero-order chi connectivity index (χ0) is 45.7. The van der Waals surface area contributed by atoms with Crippen LogP contribution in [-0.4, -0.2) is 15.0 Å². The van der Waals surface area contributed by atoms with Gasteiger partial charge in [-0.1, -0.05) is 188 Å². The van der Waals surface area contributed by atoms with Crippen LogP contribution in [0, 0.1) is 0 Å². The van der Waals surface area contributed by atoms with Gasteiger partial charge in [0.15, 0.2) is 17.5 Å². The van der Waals surface area contributed by atoms with E-state index < -0.39 is 54.4 Å². The van der Waals surface area contributed by atoms with E-state index in [2.05, 4.69) is 6.07 Å². The van der Waals surface area contributed by atoms with E-state index in [1.54, 1.807) is 6.07 Å². The highest BCUT2D eigenvalue weighted by Gasteiger charge is 2.13. The van der Waals surface area contributed by atoms with Gasteiger partial charge in [0.25, 0.3) is 0 Å². The molecule has 0 N–H and O–H groups in total. The Morgan fingerprint density at radius 3 is 1.50 bits per heavy atom. The lowest BCUT2D eigenvalue weighted by Gasteiger charge is -2.10. The Balaban J connectivity index is 1.13. The van der Waals surface area contributed by atoms with Crippen LogP contribution in [-0.2, 0) is 0 Å². The second-order valence-electron chi connectivity index (χ2n) is 12.5. The second-order valence-corrected chi connectivity index (χ2v) is 12.5. The molecule has 8 aromatic carbocycles. The Hall–Kier alpha value is -7.23. The third kappa shape index (κ3) is 6.51. The first-order valence-corrected chi connectivity index (χ1v) is 17.2. The highest BCUT2D eigenvalue weighted by molar-refractivity contribution is 6.08. The molecule has 0 fully saturated rings. The van der Waals surface area contributed by atoms with Crippen molar-refractivity contribution in [3.8, 4) is 56.4 Å². The van der Waals surface area contributed by atoms with Crippen LogP contribution < -0.4 is 10.4 Å². The summed E-state index contributed by atoms with van der Waals surface area (Å²) >= 11 is 0. The molecule has 9 rings (SSSR count). The van der Waals surface area contributed by atoms with Crippen molar-refractivity contribution in [2.75, 3.05) is 0 Å². The molecular weight excluding hydrogens is 655 g/mol. The molecule has 0 bridgehead atoms. The summed E-state index contributed by atoms with van der Waals surface area (Å²) < 4.78 is 95.6. The fourth-order valence-electron chi connectivity index (χ4n) is 6.43. The molecule has 3 heteroatoms. The van der Waals surface area contributed by atoms with E-state index in [0.29, 0.717) is 23.0 Å². The van der Waals surface area contributed by atoms with Crippen molar-refractivity contribution >= 4 is 40.2 Å². The van der Waals surface area contributed by atoms with E-state index in [1.807, 2.05) is 121 Å². The van der Waals surface area contributed by atoms with Crippen molar-refractivity contribution in [1.29, 1.82) is 0 Å². The molecular formula is C51H35N3. The molecule has 0 amide bonds. The van der Waals surface area contributed by atoms with Gasteiger partial charge in [-0.05, 0) is 78.0 Å². The summed E-state index contributed by atoms with van der Waals surface area (Å²) in [6.07, 6.45) is 1.44. The van der Waals surface area contributed by atoms with Gasteiger partial charge in [0.2, 0.25) is 0 Å². The summed E-state index contributed by atoms with van der Waals surface area (Å²) in [5.74, 6) is 1.65. The largest absolute Gasteiger partial charge is 0.208 e. The number of benzene rings is 8. The van der Waals surface area contributed by atoms with Crippen molar-refractivity contribution in [2.24, 2.45) is 0 Å². The molecule has 9 aromatic rings. The average molecular weight is 701 g/mol. The van der Waals surface area contributed by atoms with E-state index in [1.165, 1.54) is 6.08 Å². The summed E-state index contributed by atoms with van der Waals surface area (Å²) in [5, 5.41) is -1.17. The predicted octanol–water partition coefficient (Wildman–Crippen LogP) is 11.4. The Labute approximate surface area is 330 Å². The normalized spacial score (nSPS) is 15.4. The van der Waals surface area contributed by atoms with E-state index in [4.69, 9.17) is 28.7 Å². The molecule has 54 heavy (non-hydrogen) atoms. The van der Waals surface area contributed by atoms with Gasteiger partial charge in [-0.25, -0.2) is 15.0 Å². The van der Waals surface area contributed by atoms with Crippen LogP contribution in [0.15, 0.2) is 188 Å². The number of fused-ring (bicyclic) bond motifs is 3. The summed E-state index contributed by atoms with van der Waals surface area (Å²) in [4.78, 5) is 14.6. The smallest absolute Gasteiger partial charge is 0.164 e. The van der Waals surface area contributed by atoms with Crippen LogP contribution in [0.2, 0.25) is 0 Å². The lowest BCUT2D eigenvalue weighted by atomic mass is 9.96. The van der Waals surface area contributed by atoms with Gasteiger partial charge in [0.1, 0.15) is 0 Å². The SMILES string of the molecule is [2H]C=c1/c(=C([2H])\C([2H])=C\c2cccc(-c3cccc(-c4cccc(-c5nc(-c6ccccc6)nc(-c6ccccc6)n5)c4)c3)c2)c2c([2H])c([2H])c([2H])c([2H])c2c2c([2H])c([2H])c([2H])c([2H])c12. The van der Waals surface area contributed by atoms with Crippen LogP contribution in [0.5, 0.6) is 0 Å². The summed E-state index contributed by atoms with van der Waals surface area (Å²) in [6.45, 7) is 0.804. The van der Waals surface area contributed by atoms with Crippen molar-refractivity contribution in [3.63, 3.8) is 0 Å². The monoisotopic (exact) mass is 700 g/mol. The van der Waals surface area contributed by atoms with E-state index in [0.717, 1.165) is 45.5 Å². The molecule has 0 atom stereocenters. The molecule has 0 unspecified atom stereocenters. The number of nitrogens with zero attached hydrogens (tertiary/aromatic N) is 3. The maximum absolute atomic E-state index is 9.31. The third-order valence-corrected chi connectivity index (χ3v) is 9.09.